The Kier molecular flexibility index (Phi) is 2.17. The molecule has 0 amide bonds. The van der Waals surface area contributed by atoms with Gasteiger partial charge in [-0.15, -0.1) is 0 Å². The van der Waals surface area contributed by atoms with E-state index in [-0.39, 0.29) is 10.6 Å². The van der Waals surface area contributed by atoms with E-state index in [1.54, 1.807) is 0 Å². The monoisotopic (exact) mass is 224 g/mol. The van der Waals surface area contributed by atoms with Gasteiger partial charge in [-0.05, 0) is 12.1 Å². The van der Waals surface area contributed by atoms with Gasteiger partial charge in [-0.2, -0.15) is 0 Å². The first-order chi connectivity index (χ1) is 7.09. The third-order valence-corrected chi connectivity index (χ3v) is 2.22. The van der Waals surface area contributed by atoms with Crippen molar-refractivity contribution in [1.82, 2.24) is 9.97 Å². The summed E-state index contributed by atoms with van der Waals surface area (Å²) in [6, 6.07) is 2.70. The topological polar surface area (TPSA) is 83.0 Å². The number of rotatable bonds is 2. The van der Waals surface area contributed by atoms with Crippen LogP contribution in [0, 0.1) is 0 Å². The maximum atomic E-state index is 11.2. The van der Waals surface area contributed by atoms with Crippen LogP contribution in [0.5, 0.6) is 0 Å². The SMILES string of the molecule is O=C(O)C(=O)c1cc(Cl)c2nc[nH]c2c1. The first-order valence-corrected chi connectivity index (χ1v) is 4.37. The molecule has 0 aliphatic carbocycles. The van der Waals surface area contributed by atoms with Gasteiger partial charge in [0.15, 0.2) is 0 Å². The average Bonchev–Trinajstić information content (AvgIpc) is 2.64. The Labute approximate surface area is 88.7 Å². The van der Waals surface area contributed by atoms with Gasteiger partial charge in [-0.25, -0.2) is 9.78 Å². The number of hydrogen-bond donors (Lipinski definition) is 2. The largest absolute Gasteiger partial charge is 0.475 e. The minimum atomic E-state index is -1.51. The number of nitrogens with zero attached hydrogens (tertiary/aromatic N) is 1. The normalized spacial score (nSPS) is 10.5. The molecule has 0 unspecified atom stereocenters. The predicted octanol–water partition coefficient (Wildman–Crippen LogP) is 1.48. The number of aromatic amines is 1. The first-order valence-electron chi connectivity index (χ1n) is 4.00. The number of carboxylic acids is 1. The van der Waals surface area contributed by atoms with Gasteiger partial charge in [-0.1, -0.05) is 11.6 Å². The van der Waals surface area contributed by atoms with Crippen LogP contribution in [0.2, 0.25) is 5.02 Å². The lowest BCUT2D eigenvalue weighted by Crippen LogP contribution is -2.12. The van der Waals surface area contributed by atoms with Crippen molar-refractivity contribution in [3.05, 3.63) is 29.0 Å². The maximum Gasteiger partial charge on any atom is 0.377 e. The molecular formula is C9H5ClN2O3. The molecule has 0 aliphatic heterocycles. The summed E-state index contributed by atoms with van der Waals surface area (Å²) >= 11 is 5.82. The number of fused-ring (bicyclic) bond motifs is 1. The minimum Gasteiger partial charge on any atom is -0.475 e. The Morgan fingerprint density at radius 3 is 2.80 bits per heavy atom. The molecule has 5 nitrogen and oxygen atoms in total. The lowest BCUT2D eigenvalue weighted by Gasteiger charge is -1.98. The fourth-order valence-corrected chi connectivity index (χ4v) is 1.53. The fourth-order valence-electron chi connectivity index (χ4n) is 1.26. The van der Waals surface area contributed by atoms with Crippen molar-refractivity contribution in [2.24, 2.45) is 0 Å². The van der Waals surface area contributed by atoms with Crippen molar-refractivity contribution >= 4 is 34.4 Å². The molecule has 6 heteroatoms. The van der Waals surface area contributed by atoms with Crippen LogP contribution < -0.4 is 0 Å². The number of aliphatic carboxylic acids is 1. The second kappa shape index (κ2) is 3.36. The van der Waals surface area contributed by atoms with E-state index in [9.17, 15) is 9.59 Å². The molecular weight excluding hydrogens is 220 g/mol. The van der Waals surface area contributed by atoms with E-state index in [1.807, 2.05) is 0 Å². The van der Waals surface area contributed by atoms with Crippen LogP contribution in [-0.2, 0) is 4.79 Å². The summed E-state index contributed by atoms with van der Waals surface area (Å²) < 4.78 is 0. The van der Waals surface area contributed by atoms with Gasteiger partial charge in [-0.3, -0.25) is 4.79 Å². The summed E-state index contributed by atoms with van der Waals surface area (Å²) in [4.78, 5) is 28.3. The molecule has 2 rings (SSSR count). The van der Waals surface area contributed by atoms with Gasteiger partial charge < -0.3 is 10.1 Å². The number of carbonyl (C=O) groups excluding carboxylic acids is 1. The molecule has 0 spiro atoms. The molecule has 1 heterocycles. The summed E-state index contributed by atoms with van der Waals surface area (Å²) in [6.45, 7) is 0. The van der Waals surface area contributed by atoms with Crippen LogP contribution in [0.15, 0.2) is 18.5 Å². The number of ketones is 1. The van der Waals surface area contributed by atoms with Crippen molar-refractivity contribution in [1.29, 1.82) is 0 Å². The third-order valence-electron chi connectivity index (χ3n) is 1.93. The predicted molar refractivity (Wildman–Crippen MR) is 53.1 cm³/mol. The molecule has 0 aliphatic rings. The summed E-state index contributed by atoms with van der Waals surface area (Å²) in [6.07, 6.45) is 1.42. The Hall–Kier alpha value is -1.88. The molecule has 0 fully saturated rings. The molecule has 0 saturated heterocycles. The number of carboxylic acid groups (broad SMARTS) is 1. The van der Waals surface area contributed by atoms with Crippen LogP contribution in [0.4, 0.5) is 0 Å². The average molecular weight is 225 g/mol. The molecule has 15 heavy (non-hydrogen) atoms. The molecule has 1 aromatic heterocycles. The number of hydrogen-bond acceptors (Lipinski definition) is 3. The maximum absolute atomic E-state index is 11.2. The van der Waals surface area contributed by atoms with Crippen molar-refractivity contribution in [3.63, 3.8) is 0 Å². The van der Waals surface area contributed by atoms with Crippen LogP contribution in [0.1, 0.15) is 10.4 Å². The quantitative estimate of drug-likeness (QED) is 0.598. The van der Waals surface area contributed by atoms with E-state index in [4.69, 9.17) is 16.7 Å². The second-order valence-electron chi connectivity index (χ2n) is 2.89. The van der Waals surface area contributed by atoms with Crippen molar-refractivity contribution < 1.29 is 14.7 Å². The second-order valence-corrected chi connectivity index (χ2v) is 3.30. The highest BCUT2D eigenvalue weighted by Gasteiger charge is 2.16. The number of H-pyrrole nitrogens is 1. The molecule has 0 radical (unpaired) electrons. The lowest BCUT2D eigenvalue weighted by molar-refractivity contribution is -0.131. The van der Waals surface area contributed by atoms with Crippen LogP contribution in [-0.4, -0.2) is 26.8 Å². The molecule has 1 aromatic carbocycles. The van der Waals surface area contributed by atoms with Gasteiger partial charge in [0.25, 0.3) is 5.78 Å². The molecule has 2 N–H and O–H groups in total. The van der Waals surface area contributed by atoms with Crippen LogP contribution >= 0.6 is 11.6 Å². The van der Waals surface area contributed by atoms with Gasteiger partial charge in [0.2, 0.25) is 0 Å². The summed E-state index contributed by atoms with van der Waals surface area (Å²) in [5, 5.41) is 8.78. The van der Waals surface area contributed by atoms with E-state index in [0.29, 0.717) is 11.0 Å². The number of aromatic nitrogens is 2. The van der Waals surface area contributed by atoms with Crippen molar-refractivity contribution in [2.45, 2.75) is 0 Å². The van der Waals surface area contributed by atoms with E-state index < -0.39 is 11.8 Å². The standard InChI is InChI=1S/C9H5ClN2O3/c10-5-1-4(8(13)9(14)15)2-6-7(5)12-3-11-6/h1-3H,(H,11,12)(H,14,15). The van der Waals surface area contributed by atoms with Crippen molar-refractivity contribution in [3.8, 4) is 0 Å². The molecule has 76 valence electrons. The summed E-state index contributed by atoms with van der Waals surface area (Å²) in [5.74, 6) is -2.50. The van der Waals surface area contributed by atoms with Gasteiger partial charge >= 0.3 is 5.97 Å². The highest BCUT2D eigenvalue weighted by atomic mass is 35.5. The Balaban J connectivity index is 2.63. The smallest absolute Gasteiger partial charge is 0.377 e. The van der Waals surface area contributed by atoms with Crippen LogP contribution in [0.25, 0.3) is 11.0 Å². The fraction of sp³-hybridized carbons (Fsp3) is 0. The lowest BCUT2D eigenvalue weighted by atomic mass is 10.1. The molecule has 0 saturated carbocycles. The van der Waals surface area contributed by atoms with E-state index in [2.05, 4.69) is 9.97 Å². The Bertz CT molecular complexity index is 561. The zero-order valence-corrected chi connectivity index (χ0v) is 8.08. The summed E-state index contributed by atoms with van der Waals surface area (Å²) in [5.41, 5.74) is 1.08. The molecule has 2 aromatic rings. The number of imidazole rings is 1. The zero-order valence-electron chi connectivity index (χ0n) is 7.32. The van der Waals surface area contributed by atoms with E-state index in [1.165, 1.54) is 18.5 Å². The van der Waals surface area contributed by atoms with Gasteiger partial charge in [0.05, 0.1) is 16.9 Å². The van der Waals surface area contributed by atoms with Gasteiger partial charge in [0, 0.05) is 5.56 Å². The Morgan fingerprint density at radius 1 is 1.40 bits per heavy atom. The first kappa shape index (κ1) is 9.67. The number of halogens is 1. The van der Waals surface area contributed by atoms with Crippen LogP contribution in [0.3, 0.4) is 0 Å². The highest BCUT2D eigenvalue weighted by Crippen LogP contribution is 2.22. The molecule has 0 atom stereocenters. The van der Waals surface area contributed by atoms with Crippen molar-refractivity contribution in [2.75, 3.05) is 0 Å². The highest BCUT2D eigenvalue weighted by molar-refractivity contribution is 6.41. The van der Waals surface area contributed by atoms with Gasteiger partial charge in [0.1, 0.15) is 5.52 Å². The number of carbonyl (C=O) groups is 2. The van der Waals surface area contributed by atoms with E-state index in [0.717, 1.165) is 0 Å². The number of nitrogens with one attached hydrogen (secondary N) is 1. The zero-order chi connectivity index (χ0) is 11.0. The number of Topliss-reactive ketones (excluding diaryl/α,β-unsaturated/α-hetero) is 1. The van der Waals surface area contributed by atoms with E-state index >= 15 is 0 Å². The third kappa shape index (κ3) is 1.57. The molecule has 0 bridgehead atoms. The Morgan fingerprint density at radius 2 is 2.13 bits per heavy atom. The minimum absolute atomic E-state index is 0.0317. The summed E-state index contributed by atoms with van der Waals surface area (Å²) in [7, 11) is 0. The number of benzene rings is 1.